The predicted octanol–water partition coefficient (Wildman–Crippen LogP) is -2.49. The Kier molecular flexibility index (Phi) is 15.3. The van der Waals surface area contributed by atoms with Crippen LogP contribution in [0, 0.1) is 0 Å². The van der Waals surface area contributed by atoms with Crippen LogP contribution in [0.25, 0.3) is 0 Å². The van der Waals surface area contributed by atoms with Crippen molar-refractivity contribution in [3.8, 4) is 0 Å². The second-order valence-corrected chi connectivity index (χ2v) is 6.88. The van der Waals surface area contributed by atoms with E-state index in [-0.39, 0.29) is 53.0 Å². The summed E-state index contributed by atoms with van der Waals surface area (Å²) in [6.07, 6.45) is 0. The summed E-state index contributed by atoms with van der Waals surface area (Å²) in [5.41, 5.74) is 7.68. The molecule has 0 aliphatic carbocycles. The first kappa shape index (κ1) is 26.1. The maximum absolute atomic E-state index is 11.6. The van der Waals surface area contributed by atoms with Gasteiger partial charge in [-0.2, -0.15) is 12.6 Å². The van der Waals surface area contributed by atoms with Crippen molar-refractivity contribution in [2.45, 2.75) is 26.4 Å². The Labute approximate surface area is 171 Å². The molecule has 1 aromatic carbocycles. The normalized spacial score (nSPS) is 10.4. The second kappa shape index (κ2) is 14.1. The molecule has 1 rings (SSSR count). The van der Waals surface area contributed by atoms with E-state index < -0.39 is 10.1 Å². The van der Waals surface area contributed by atoms with E-state index in [9.17, 15) is 17.8 Å². The van der Waals surface area contributed by atoms with Gasteiger partial charge in [0.25, 0.3) is 5.91 Å². The number of thiol groups is 1. The van der Waals surface area contributed by atoms with Crippen LogP contribution < -0.4 is 45.7 Å². The number of carbonyl (C=O) groups excluding carboxylic acids is 1. The van der Waals surface area contributed by atoms with Crippen molar-refractivity contribution in [1.82, 2.24) is 16.2 Å². The molecular weight excluding hydrogens is 361 g/mol. The number of carbonyl (C=O) groups is 1. The van der Waals surface area contributed by atoms with Gasteiger partial charge in [0.2, 0.25) is 0 Å². The van der Waals surface area contributed by atoms with E-state index in [1.54, 1.807) is 0 Å². The topological polar surface area (TPSA) is 110 Å². The molecule has 0 aliphatic heterocycles. The molecule has 3 N–H and O–H groups in total. The van der Waals surface area contributed by atoms with Crippen molar-refractivity contribution in [2.24, 2.45) is 0 Å². The van der Waals surface area contributed by atoms with Gasteiger partial charge in [0.1, 0.15) is 0 Å². The summed E-state index contributed by atoms with van der Waals surface area (Å²) >= 11 is 3.53. The molecule has 132 valence electrons. The first-order chi connectivity index (χ1) is 10.7. The van der Waals surface area contributed by atoms with Crippen molar-refractivity contribution in [2.75, 3.05) is 18.6 Å². The summed E-state index contributed by atoms with van der Waals surface area (Å²) in [7, 11) is -2.18. The van der Waals surface area contributed by atoms with E-state index in [4.69, 9.17) is 0 Å². The third-order valence-electron chi connectivity index (χ3n) is 2.45. The van der Waals surface area contributed by atoms with E-state index in [1.807, 2.05) is 45.2 Å². The molecule has 7 nitrogen and oxygen atoms in total. The zero-order valence-corrected chi connectivity index (χ0v) is 18.2. The van der Waals surface area contributed by atoms with Crippen LogP contribution in [-0.2, 0) is 16.7 Å². The van der Waals surface area contributed by atoms with Crippen molar-refractivity contribution in [3.05, 3.63) is 35.4 Å². The zero-order valence-electron chi connectivity index (χ0n) is 14.5. The minimum absolute atomic E-state index is 0. The molecule has 0 saturated heterocycles. The first-order valence-electron chi connectivity index (χ1n) is 7.03. The Morgan fingerprint density at radius 2 is 1.79 bits per heavy atom. The van der Waals surface area contributed by atoms with Crippen molar-refractivity contribution >= 4 is 28.7 Å². The largest absolute Gasteiger partial charge is 1.00 e. The van der Waals surface area contributed by atoms with Crippen LogP contribution in [0.1, 0.15) is 29.8 Å². The number of hydrogen-bond acceptors (Lipinski definition) is 7. The summed E-state index contributed by atoms with van der Waals surface area (Å²) in [6.45, 7) is 4.63. The van der Waals surface area contributed by atoms with E-state index >= 15 is 0 Å². The van der Waals surface area contributed by atoms with Gasteiger partial charge in [-0.05, 0) is 38.6 Å². The smallest absolute Gasteiger partial charge is 0.748 e. The fraction of sp³-hybridized carbons (Fsp3) is 0.500. The molecule has 0 fully saturated rings. The van der Waals surface area contributed by atoms with Crippen LogP contribution in [0.5, 0.6) is 0 Å². The van der Waals surface area contributed by atoms with E-state index in [2.05, 4.69) is 28.8 Å². The average Bonchev–Trinajstić information content (AvgIpc) is 2.44. The van der Waals surface area contributed by atoms with Crippen LogP contribution >= 0.6 is 12.6 Å². The van der Waals surface area contributed by atoms with Gasteiger partial charge in [-0.15, -0.1) is 0 Å². The monoisotopic (exact) mass is 385 g/mol. The van der Waals surface area contributed by atoms with Gasteiger partial charge >= 0.3 is 29.6 Å². The molecular formula is C14H24N3NaO4S2. The molecule has 0 aromatic heterocycles. The quantitative estimate of drug-likeness (QED) is 0.179. The Bertz CT molecular complexity index is 566. The molecule has 24 heavy (non-hydrogen) atoms. The fourth-order valence-corrected chi connectivity index (χ4v) is 2.32. The molecule has 0 unspecified atom stereocenters. The number of hydrazine groups is 1. The van der Waals surface area contributed by atoms with Crippen molar-refractivity contribution in [1.29, 1.82) is 0 Å². The standard InChI is InChI=1S/C12H19N3O.C2H6O3S2.Na/c1-9(2)15-12(16)11-6-4-10(5-7-11)8-14-13-3;3-7(4,5)2-1-6;/h4-7,9,13-14H,8H2,1-3H3,(H,15,16);6H,1-2H2,(H,3,4,5);/q;;+1/p-1. The van der Waals surface area contributed by atoms with Gasteiger partial charge in [-0.1, -0.05) is 12.1 Å². The SMILES string of the molecule is CNNCc1ccc(C(=O)NC(C)C)cc1.O=S(=O)([O-])CCS.[Na+]. The van der Waals surface area contributed by atoms with Crippen molar-refractivity contribution in [3.63, 3.8) is 0 Å². The molecule has 0 aliphatic rings. The van der Waals surface area contributed by atoms with Gasteiger partial charge in [0.05, 0.1) is 10.1 Å². The Morgan fingerprint density at radius 3 is 2.12 bits per heavy atom. The van der Waals surface area contributed by atoms with Gasteiger partial charge in [0, 0.05) is 29.7 Å². The van der Waals surface area contributed by atoms with E-state index in [1.165, 1.54) is 0 Å². The minimum atomic E-state index is -4.00. The van der Waals surface area contributed by atoms with Gasteiger partial charge < -0.3 is 9.87 Å². The van der Waals surface area contributed by atoms with Crippen LogP contribution in [0.3, 0.4) is 0 Å². The van der Waals surface area contributed by atoms with Gasteiger partial charge in [-0.25, -0.2) is 8.42 Å². The Hall–Kier alpha value is -0.130. The van der Waals surface area contributed by atoms with Crippen LogP contribution in [0.15, 0.2) is 24.3 Å². The molecule has 0 saturated carbocycles. The zero-order chi connectivity index (χ0) is 17.9. The fourth-order valence-electron chi connectivity index (χ4n) is 1.42. The number of amides is 1. The molecule has 0 bridgehead atoms. The van der Waals surface area contributed by atoms with Crippen LogP contribution in [0.2, 0.25) is 0 Å². The second-order valence-electron chi connectivity index (χ2n) is 4.91. The summed E-state index contributed by atoms with van der Waals surface area (Å²) < 4.78 is 28.9. The van der Waals surface area contributed by atoms with E-state index in [0.29, 0.717) is 5.56 Å². The Morgan fingerprint density at radius 1 is 1.25 bits per heavy atom. The van der Waals surface area contributed by atoms with Crippen LogP contribution in [-0.4, -0.2) is 43.5 Å². The average molecular weight is 385 g/mol. The number of rotatable bonds is 7. The molecule has 0 spiro atoms. The Balaban J connectivity index is 0. The van der Waals surface area contributed by atoms with Crippen LogP contribution in [0.4, 0.5) is 0 Å². The summed E-state index contributed by atoms with van der Waals surface area (Å²) in [5.74, 6) is -0.301. The van der Waals surface area contributed by atoms with E-state index in [0.717, 1.165) is 12.1 Å². The molecule has 1 aromatic rings. The third kappa shape index (κ3) is 14.2. The van der Waals surface area contributed by atoms with Gasteiger partial charge in [0.15, 0.2) is 0 Å². The molecule has 0 radical (unpaired) electrons. The molecule has 10 heteroatoms. The molecule has 0 heterocycles. The number of hydrogen-bond donors (Lipinski definition) is 4. The maximum Gasteiger partial charge on any atom is 1.00 e. The summed E-state index contributed by atoms with van der Waals surface area (Å²) in [5, 5.41) is 2.85. The third-order valence-corrected chi connectivity index (χ3v) is 3.68. The number of nitrogens with one attached hydrogen (secondary N) is 3. The van der Waals surface area contributed by atoms with Crippen molar-refractivity contribution < 1.29 is 47.3 Å². The summed E-state index contributed by atoms with van der Waals surface area (Å²) in [6, 6.07) is 7.73. The predicted molar refractivity (Wildman–Crippen MR) is 93.4 cm³/mol. The number of benzene rings is 1. The minimum Gasteiger partial charge on any atom is -0.748 e. The molecule has 1 amide bonds. The first-order valence-corrected chi connectivity index (χ1v) is 9.24. The van der Waals surface area contributed by atoms with Gasteiger partial charge in [-0.3, -0.25) is 15.6 Å². The maximum atomic E-state index is 11.6. The molecule has 0 atom stereocenters. The summed E-state index contributed by atoms with van der Waals surface area (Å²) in [4.78, 5) is 11.6.